The average Bonchev–Trinajstić information content (AvgIpc) is 3.11. The molecule has 0 saturated carbocycles. The smallest absolute Gasteiger partial charge is 0.339 e. The number of ketones is 2. The van der Waals surface area contributed by atoms with Crippen molar-refractivity contribution in [3.8, 4) is 0 Å². The monoisotopic (exact) mass is 486 g/mol. The number of esters is 1. The van der Waals surface area contributed by atoms with Crippen molar-refractivity contribution in [1.82, 2.24) is 0 Å². The van der Waals surface area contributed by atoms with Gasteiger partial charge in [0.25, 0.3) is 0 Å². The van der Waals surface area contributed by atoms with Crippen molar-refractivity contribution in [2.75, 3.05) is 0 Å². The first-order chi connectivity index (χ1) is 16.7. The molecule has 3 aromatic rings. The Hall–Kier alpha value is -3.80. The maximum Gasteiger partial charge on any atom is 0.339 e. The molecule has 0 heterocycles. The van der Waals surface area contributed by atoms with Gasteiger partial charge in [0, 0.05) is 16.1 Å². The molecular formula is C29H23ClO5. The van der Waals surface area contributed by atoms with Crippen molar-refractivity contribution in [3.05, 3.63) is 124 Å². The Morgan fingerprint density at radius 2 is 1.71 bits per heavy atom. The van der Waals surface area contributed by atoms with E-state index in [4.69, 9.17) is 16.3 Å². The van der Waals surface area contributed by atoms with Gasteiger partial charge in [-0.2, -0.15) is 0 Å². The summed E-state index contributed by atoms with van der Waals surface area (Å²) in [5, 5.41) is 11.3. The van der Waals surface area contributed by atoms with E-state index in [0.29, 0.717) is 21.7 Å². The van der Waals surface area contributed by atoms with E-state index in [9.17, 15) is 19.5 Å². The Labute approximate surface area is 208 Å². The molecule has 3 aromatic carbocycles. The second kappa shape index (κ2) is 9.82. The van der Waals surface area contributed by atoms with E-state index < -0.39 is 29.9 Å². The number of hydrogen-bond donors (Lipinski definition) is 1. The zero-order valence-electron chi connectivity index (χ0n) is 19.0. The minimum Gasteiger partial charge on any atom is -0.446 e. The summed E-state index contributed by atoms with van der Waals surface area (Å²) in [5.41, 5.74) is 3.40. The Bertz CT molecular complexity index is 1360. The van der Waals surface area contributed by atoms with Crippen LogP contribution in [0.5, 0.6) is 0 Å². The van der Waals surface area contributed by atoms with Crippen LogP contribution in [-0.4, -0.2) is 28.7 Å². The standard InChI is InChI=1S/C29H23ClO5/c1-4-17-10-11-19(15-23(17)30)25-27(32)21-13-12-20(14-22(21)28(25)33)29(34)35-24(5-2)26(31)18-8-6-16(3)7-9-18/h4-15,24-25,27,32H,1-2H2,3H3. The van der Waals surface area contributed by atoms with Crippen LogP contribution in [0.1, 0.15) is 65.3 Å². The number of aryl methyl sites for hydroxylation is 1. The summed E-state index contributed by atoms with van der Waals surface area (Å²) in [6.07, 6.45) is 0.594. The van der Waals surface area contributed by atoms with Gasteiger partial charge in [0.05, 0.1) is 17.6 Å². The number of benzene rings is 3. The van der Waals surface area contributed by atoms with Crippen LogP contribution in [0.3, 0.4) is 0 Å². The molecule has 176 valence electrons. The largest absolute Gasteiger partial charge is 0.446 e. The number of carbonyl (C=O) groups is 3. The predicted molar refractivity (Wildman–Crippen MR) is 135 cm³/mol. The molecule has 6 heteroatoms. The van der Waals surface area contributed by atoms with Crippen LogP contribution in [0.15, 0.2) is 79.9 Å². The summed E-state index contributed by atoms with van der Waals surface area (Å²) in [7, 11) is 0. The zero-order valence-corrected chi connectivity index (χ0v) is 19.8. The Kier molecular flexibility index (Phi) is 6.83. The van der Waals surface area contributed by atoms with Crippen molar-refractivity contribution in [1.29, 1.82) is 0 Å². The van der Waals surface area contributed by atoms with Crippen molar-refractivity contribution in [3.63, 3.8) is 0 Å². The third kappa shape index (κ3) is 4.61. The van der Waals surface area contributed by atoms with Gasteiger partial charge in [-0.15, -0.1) is 0 Å². The van der Waals surface area contributed by atoms with Crippen LogP contribution in [0, 0.1) is 6.92 Å². The molecule has 0 saturated heterocycles. The third-order valence-electron chi connectivity index (χ3n) is 6.12. The van der Waals surface area contributed by atoms with Crippen LogP contribution < -0.4 is 0 Å². The molecule has 0 aromatic heterocycles. The van der Waals surface area contributed by atoms with Crippen LogP contribution in [0.2, 0.25) is 5.02 Å². The highest BCUT2D eigenvalue weighted by molar-refractivity contribution is 6.32. The van der Waals surface area contributed by atoms with E-state index in [1.54, 1.807) is 48.5 Å². The van der Waals surface area contributed by atoms with Crippen molar-refractivity contribution < 1.29 is 24.2 Å². The normalized spacial score (nSPS) is 17.4. The van der Waals surface area contributed by atoms with Crippen molar-refractivity contribution in [2.24, 2.45) is 0 Å². The number of aliphatic hydroxyl groups is 1. The van der Waals surface area contributed by atoms with E-state index in [0.717, 1.165) is 11.1 Å². The Morgan fingerprint density at radius 3 is 2.34 bits per heavy atom. The quantitative estimate of drug-likeness (QED) is 0.255. The first-order valence-electron chi connectivity index (χ1n) is 11.0. The Balaban J connectivity index is 1.57. The molecule has 0 bridgehead atoms. The number of fused-ring (bicyclic) bond motifs is 1. The molecule has 3 atom stereocenters. The average molecular weight is 487 g/mol. The van der Waals surface area contributed by atoms with Gasteiger partial charge in [-0.3, -0.25) is 9.59 Å². The van der Waals surface area contributed by atoms with E-state index in [1.165, 1.54) is 24.3 Å². The number of carbonyl (C=O) groups excluding carboxylic acids is 3. The van der Waals surface area contributed by atoms with Crippen molar-refractivity contribution >= 4 is 35.2 Å². The number of Topliss-reactive ketones (excluding diaryl/α,β-unsaturated/α-hetero) is 2. The second-order valence-corrected chi connectivity index (χ2v) is 8.77. The molecule has 5 nitrogen and oxygen atoms in total. The molecule has 0 spiro atoms. The maximum absolute atomic E-state index is 13.2. The highest BCUT2D eigenvalue weighted by atomic mass is 35.5. The van der Waals surface area contributed by atoms with Crippen LogP contribution in [0.25, 0.3) is 6.08 Å². The number of rotatable bonds is 7. The summed E-state index contributed by atoms with van der Waals surface area (Å²) in [5.74, 6) is -2.36. The van der Waals surface area contributed by atoms with Crippen LogP contribution >= 0.6 is 11.6 Å². The Morgan fingerprint density at radius 1 is 1.03 bits per heavy atom. The molecule has 0 amide bonds. The van der Waals surface area contributed by atoms with E-state index in [1.807, 2.05) is 6.92 Å². The van der Waals surface area contributed by atoms with Gasteiger partial charge in [0.2, 0.25) is 5.78 Å². The fraction of sp³-hybridized carbons (Fsp3) is 0.138. The van der Waals surface area contributed by atoms with Crippen LogP contribution in [0.4, 0.5) is 0 Å². The van der Waals surface area contributed by atoms with Gasteiger partial charge in [-0.25, -0.2) is 4.79 Å². The first kappa shape index (κ1) is 24.3. The highest BCUT2D eigenvalue weighted by Gasteiger charge is 2.40. The van der Waals surface area contributed by atoms with Crippen molar-refractivity contribution in [2.45, 2.75) is 25.0 Å². The maximum atomic E-state index is 13.2. The molecule has 1 N–H and O–H groups in total. The molecule has 0 fully saturated rings. The molecule has 1 aliphatic rings. The minimum atomic E-state index is -1.18. The summed E-state index contributed by atoms with van der Waals surface area (Å²) in [6.45, 7) is 9.21. The second-order valence-electron chi connectivity index (χ2n) is 8.37. The molecule has 4 rings (SSSR count). The highest BCUT2D eigenvalue weighted by Crippen LogP contribution is 2.43. The molecule has 1 aliphatic carbocycles. The van der Waals surface area contributed by atoms with Gasteiger partial charge in [0.15, 0.2) is 11.9 Å². The predicted octanol–water partition coefficient (Wildman–Crippen LogP) is 5.90. The lowest BCUT2D eigenvalue weighted by molar-refractivity contribution is 0.0366. The summed E-state index contributed by atoms with van der Waals surface area (Å²) < 4.78 is 5.40. The molecular weight excluding hydrogens is 464 g/mol. The lowest BCUT2D eigenvalue weighted by Crippen LogP contribution is -2.25. The number of hydrogen-bond acceptors (Lipinski definition) is 5. The lowest BCUT2D eigenvalue weighted by Gasteiger charge is -2.15. The van der Waals surface area contributed by atoms with Gasteiger partial charge in [-0.05, 0) is 47.9 Å². The summed E-state index contributed by atoms with van der Waals surface area (Å²) >= 11 is 6.26. The molecule has 0 radical (unpaired) electrons. The fourth-order valence-corrected chi connectivity index (χ4v) is 4.42. The molecule has 3 unspecified atom stereocenters. The van der Waals surface area contributed by atoms with Gasteiger partial charge >= 0.3 is 5.97 Å². The van der Waals surface area contributed by atoms with E-state index in [2.05, 4.69) is 13.2 Å². The van der Waals surface area contributed by atoms with E-state index >= 15 is 0 Å². The molecule has 35 heavy (non-hydrogen) atoms. The molecule has 0 aliphatic heterocycles. The number of ether oxygens (including phenoxy) is 1. The topological polar surface area (TPSA) is 80.7 Å². The SMILES string of the molecule is C=Cc1ccc(C2C(=O)c3cc(C(=O)OC(C=C)C(=O)c4ccc(C)cc4)ccc3C2O)cc1Cl. The van der Waals surface area contributed by atoms with Crippen LogP contribution in [-0.2, 0) is 4.74 Å². The zero-order chi connectivity index (χ0) is 25.3. The summed E-state index contributed by atoms with van der Waals surface area (Å²) in [6, 6.07) is 16.4. The van der Waals surface area contributed by atoms with Gasteiger partial charge < -0.3 is 9.84 Å². The summed E-state index contributed by atoms with van der Waals surface area (Å²) in [4.78, 5) is 38.8. The number of aliphatic hydroxyl groups excluding tert-OH is 1. The third-order valence-corrected chi connectivity index (χ3v) is 6.44. The van der Waals surface area contributed by atoms with Gasteiger partial charge in [-0.1, -0.05) is 78.9 Å². The fourth-order valence-electron chi connectivity index (χ4n) is 4.16. The number of halogens is 1. The van der Waals surface area contributed by atoms with Gasteiger partial charge in [0.1, 0.15) is 0 Å². The minimum absolute atomic E-state index is 0.0912. The lowest BCUT2D eigenvalue weighted by atomic mass is 9.92. The van der Waals surface area contributed by atoms with E-state index in [-0.39, 0.29) is 16.9 Å². The first-order valence-corrected chi connectivity index (χ1v) is 11.4.